The number of anilines is 1. The van der Waals surface area contributed by atoms with Gasteiger partial charge in [-0.3, -0.25) is 4.79 Å². The van der Waals surface area contributed by atoms with Crippen LogP contribution in [-0.2, 0) is 0 Å². The number of nitrogens with one attached hydrogen (secondary N) is 1. The Balaban J connectivity index is 1.50. The maximum absolute atomic E-state index is 12.9. The largest absolute Gasteiger partial charge is 0.380 e. The number of nitrogens with zero attached hydrogens (tertiary/aromatic N) is 1. The number of likely N-dealkylation sites (tertiary alicyclic amines) is 1. The van der Waals surface area contributed by atoms with Crippen molar-refractivity contribution >= 4 is 33.0 Å². The van der Waals surface area contributed by atoms with E-state index < -0.39 is 0 Å². The molecule has 1 N–H and O–H groups in total. The van der Waals surface area contributed by atoms with E-state index in [0.29, 0.717) is 6.04 Å². The average molecular weight is 336 g/mol. The molecular formula is C20H20N2OS. The van der Waals surface area contributed by atoms with Gasteiger partial charge in [-0.1, -0.05) is 36.4 Å². The van der Waals surface area contributed by atoms with Gasteiger partial charge in [0.05, 0.1) is 4.88 Å². The Hall–Kier alpha value is -2.33. The number of para-hydroxylation sites is 1. The molecule has 122 valence electrons. The molecule has 2 heterocycles. The summed E-state index contributed by atoms with van der Waals surface area (Å²) in [7, 11) is 0. The minimum Gasteiger partial charge on any atom is -0.380 e. The fourth-order valence-corrected chi connectivity index (χ4v) is 4.53. The predicted molar refractivity (Wildman–Crippen MR) is 101 cm³/mol. The third-order valence-electron chi connectivity index (χ3n) is 4.66. The molecule has 1 aliphatic heterocycles. The van der Waals surface area contributed by atoms with Crippen molar-refractivity contribution in [3.05, 3.63) is 65.0 Å². The van der Waals surface area contributed by atoms with E-state index in [1.54, 1.807) is 11.3 Å². The van der Waals surface area contributed by atoms with Crippen LogP contribution in [0.4, 0.5) is 5.69 Å². The van der Waals surface area contributed by atoms with Gasteiger partial charge >= 0.3 is 0 Å². The fraction of sp³-hybridized carbons (Fsp3) is 0.250. The normalized spacial score (nSPS) is 17.4. The van der Waals surface area contributed by atoms with Crippen LogP contribution >= 0.6 is 11.3 Å². The van der Waals surface area contributed by atoms with Crippen LogP contribution in [0.2, 0.25) is 0 Å². The van der Waals surface area contributed by atoms with Crippen LogP contribution < -0.4 is 5.32 Å². The van der Waals surface area contributed by atoms with Gasteiger partial charge in [0, 0.05) is 29.5 Å². The van der Waals surface area contributed by atoms with Crippen molar-refractivity contribution < 1.29 is 4.79 Å². The first kappa shape index (κ1) is 15.2. The second-order valence-electron chi connectivity index (χ2n) is 6.30. The average Bonchev–Trinajstić information content (AvgIpc) is 3.21. The number of amides is 1. The number of benzene rings is 2. The highest BCUT2D eigenvalue weighted by molar-refractivity contribution is 7.21. The molecule has 0 radical (unpaired) electrons. The van der Waals surface area contributed by atoms with Gasteiger partial charge in [-0.2, -0.15) is 0 Å². The Morgan fingerprint density at radius 3 is 2.67 bits per heavy atom. The van der Waals surface area contributed by atoms with Crippen molar-refractivity contribution in [1.29, 1.82) is 0 Å². The van der Waals surface area contributed by atoms with Crippen LogP contribution in [-0.4, -0.2) is 29.9 Å². The molecule has 0 saturated carbocycles. The lowest BCUT2D eigenvalue weighted by atomic mass is 10.1. The van der Waals surface area contributed by atoms with Crippen molar-refractivity contribution in [2.24, 2.45) is 0 Å². The number of hydrogen-bond acceptors (Lipinski definition) is 3. The van der Waals surface area contributed by atoms with Crippen LogP contribution in [0.1, 0.15) is 21.7 Å². The van der Waals surface area contributed by atoms with E-state index in [4.69, 9.17) is 0 Å². The second kappa shape index (κ2) is 6.29. The van der Waals surface area contributed by atoms with Gasteiger partial charge < -0.3 is 10.2 Å². The molecule has 4 rings (SSSR count). The van der Waals surface area contributed by atoms with Crippen LogP contribution in [0.5, 0.6) is 0 Å². The van der Waals surface area contributed by atoms with Gasteiger partial charge in [0.25, 0.3) is 5.91 Å². The summed E-state index contributed by atoms with van der Waals surface area (Å²) in [5.74, 6) is 0.172. The number of fused-ring (bicyclic) bond motifs is 1. The number of rotatable bonds is 3. The van der Waals surface area contributed by atoms with Crippen LogP contribution in [0.3, 0.4) is 0 Å². The summed E-state index contributed by atoms with van der Waals surface area (Å²) in [5.41, 5.74) is 2.23. The van der Waals surface area contributed by atoms with E-state index in [9.17, 15) is 4.79 Å². The standard InChI is InChI=1S/C20H20N2OS/c1-14-17-9-5-6-10-18(17)24-19(14)20(23)22-12-11-16(13-22)21-15-7-3-2-4-8-15/h2-10,16,21H,11-13H2,1H3. The van der Waals surface area contributed by atoms with Crippen LogP contribution in [0.25, 0.3) is 10.1 Å². The Morgan fingerprint density at radius 1 is 1.12 bits per heavy atom. The molecule has 24 heavy (non-hydrogen) atoms. The van der Waals surface area contributed by atoms with Crippen molar-refractivity contribution in [3.8, 4) is 0 Å². The summed E-state index contributed by atoms with van der Waals surface area (Å²) in [4.78, 5) is 15.8. The maximum Gasteiger partial charge on any atom is 0.264 e. The first-order valence-corrected chi connectivity index (χ1v) is 9.13. The van der Waals surface area contributed by atoms with Gasteiger partial charge in [-0.15, -0.1) is 11.3 Å². The first-order chi connectivity index (χ1) is 11.7. The van der Waals surface area contributed by atoms with Crippen molar-refractivity contribution in [2.45, 2.75) is 19.4 Å². The lowest BCUT2D eigenvalue weighted by molar-refractivity contribution is 0.0796. The minimum absolute atomic E-state index is 0.172. The molecule has 0 aliphatic carbocycles. The lowest BCUT2D eigenvalue weighted by Gasteiger charge is -2.17. The fourth-order valence-electron chi connectivity index (χ4n) is 3.35. The number of thiophene rings is 1. The number of aryl methyl sites for hydroxylation is 1. The molecular weight excluding hydrogens is 316 g/mol. The zero-order valence-electron chi connectivity index (χ0n) is 13.7. The van der Waals surface area contributed by atoms with Gasteiger partial charge in [-0.05, 0) is 42.5 Å². The van der Waals surface area contributed by atoms with Crippen molar-refractivity contribution in [1.82, 2.24) is 4.90 Å². The summed E-state index contributed by atoms with van der Waals surface area (Å²) in [6.07, 6.45) is 0.991. The summed E-state index contributed by atoms with van der Waals surface area (Å²) in [6, 6.07) is 18.8. The molecule has 1 aliphatic rings. The monoisotopic (exact) mass is 336 g/mol. The number of hydrogen-bond donors (Lipinski definition) is 1. The molecule has 1 saturated heterocycles. The van der Waals surface area contributed by atoms with E-state index >= 15 is 0 Å². The number of carbonyl (C=O) groups excluding carboxylic acids is 1. The van der Waals surface area contributed by atoms with Gasteiger partial charge in [-0.25, -0.2) is 0 Å². The molecule has 1 aromatic heterocycles. The highest BCUT2D eigenvalue weighted by Gasteiger charge is 2.29. The molecule has 0 bridgehead atoms. The Kier molecular flexibility index (Phi) is 3.98. The second-order valence-corrected chi connectivity index (χ2v) is 7.35. The lowest BCUT2D eigenvalue weighted by Crippen LogP contribution is -2.31. The Morgan fingerprint density at radius 2 is 1.88 bits per heavy atom. The molecule has 2 aromatic carbocycles. The van der Waals surface area contributed by atoms with E-state index in [1.165, 1.54) is 10.1 Å². The SMILES string of the molecule is Cc1c(C(=O)N2CCC(Nc3ccccc3)C2)sc2ccccc12. The van der Waals surface area contributed by atoms with E-state index in [2.05, 4.69) is 36.5 Å². The van der Waals surface area contributed by atoms with Gasteiger partial charge in [0.15, 0.2) is 0 Å². The third-order valence-corrected chi connectivity index (χ3v) is 5.92. The summed E-state index contributed by atoms with van der Waals surface area (Å²) in [5, 5.41) is 4.73. The Bertz CT molecular complexity index is 872. The van der Waals surface area contributed by atoms with Crippen LogP contribution in [0.15, 0.2) is 54.6 Å². The summed E-state index contributed by atoms with van der Waals surface area (Å²) in [6.45, 7) is 3.64. The molecule has 0 spiro atoms. The quantitative estimate of drug-likeness (QED) is 0.762. The van der Waals surface area contributed by atoms with Gasteiger partial charge in [0.1, 0.15) is 0 Å². The molecule has 1 atom stereocenters. The van der Waals surface area contributed by atoms with Crippen LogP contribution in [0, 0.1) is 6.92 Å². The molecule has 1 amide bonds. The highest BCUT2D eigenvalue weighted by Crippen LogP contribution is 2.32. The number of carbonyl (C=O) groups is 1. The zero-order valence-corrected chi connectivity index (χ0v) is 14.5. The topological polar surface area (TPSA) is 32.3 Å². The molecule has 1 fully saturated rings. The maximum atomic E-state index is 12.9. The molecule has 3 nitrogen and oxygen atoms in total. The highest BCUT2D eigenvalue weighted by atomic mass is 32.1. The Labute approximate surface area is 145 Å². The summed E-state index contributed by atoms with van der Waals surface area (Å²) >= 11 is 1.61. The van der Waals surface area contributed by atoms with Crippen molar-refractivity contribution in [3.63, 3.8) is 0 Å². The smallest absolute Gasteiger partial charge is 0.264 e. The van der Waals surface area contributed by atoms with Crippen molar-refractivity contribution in [2.75, 3.05) is 18.4 Å². The van der Waals surface area contributed by atoms with Gasteiger partial charge in [0.2, 0.25) is 0 Å². The third kappa shape index (κ3) is 2.78. The zero-order chi connectivity index (χ0) is 16.5. The van der Waals surface area contributed by atoms with E-state index in [-0.39, 0.29) is 5.91 Å². The predicted octanol–water partition coefficient (Wildman–Crippen LogP) is 4.54. The van der Waals surface area contributed by atoms with E-state index in [1.807, 2.05) is 35.2 Å². The summed E-state index contributed by atoms with van der Waals surface area (Å²) < 4.78 is 1.19. The molecule has 3 aromatic rings. The first-order valence-electron chi connectivity index (χ1n) is 8.31. The molecule has 4 heteroatoms. The minimum atomic E-state index is 0.172. The van der Waals surface area contributed by atoms with E-state index in [0.717, 1.165) is 35.6 Å². The molecule has 1 unspecified atom stereocenters.